The molecule has 4 rings (SSSR count). The molecule has 1 heterocycles. The highest BCUT2D eigenvalue weighted by Crippen LogP contribution is 2.60. The van der Waals surface area contributed by atoms with Crippen LogP contribution in [0, 0.1) is 23.2 Å². The van der Waals surface area contributed by atoms with E-state index in [2.05, 4.69) is 32.6 Å². The first-order chi connectivity index (χ1) is 20.3. The first-order valence-electron chi connectivity index (χ1n) is 16.3. The minimum atomic E-state index is -0.804. The molecule has 1 N–H and O–H groups in total. The van der Waals surface area contributed by atoms with E-state index in [9.17, 15) is 24.3 Å². The Morgan fingerprint density at radius 3 is 2.47 bits per heavy atom. The van der Waals surface area contributed by atoms with Crippen LogP contribution < -0.4 is 0 Å². The molecule has 3 aliphatic carbocycles. The van der Waals surface area contributed by atoms with Crippen LogP contribution in [-0.4, -0.2) is 45.6 Å². The van der Waals surface area contributed by atoms with Gasteiger partial charge in [0.2, 0.25) is 0 Å². The third kappa shape index (κ3) is 8.46. The smallest absolute Gasteiger partial charge is 0.333 e. The van der Waals surface area contributed by atoms with E-state index in [0.29, 0.717) is 41.1 Å². The summed E-state index contributed by atoms with van der Waals surface area (Å²) < 4.78 is 5.69. The average Bonchev–Trinajstić information content (AvgIpc) is 3.45. The molecule has 8 heteroatoms. The van der Waals surface area contributed by atoms with Crippen molar-refractivity contribution in [3.63, 3.8) is 0 Å². The number of hydroxylamine groups is 2. The van der Waals surface area contributed by atoms with Crippen LogP contribution in [0.4, 0.5) is 0 Å². The first kappa shape index (κ1) is 33.2. The SMILES string of the molecule is C=C1CC[C@H](OC(=O)CCC(=O)ON2C(=O)CCC2=O)C/C1=C/C=C1\CCC[C@]2(C)[C@@H]([C@H](C)CCCC(C)(C)O)CC[C@@H]12. The second-order valence-electron chi connectivity index (χ2n) is 14.2. The lowest BCUT2D eigenvalue weighted by Crippen LogP contribution is -2.36. The fourth-order valence-electron chi connectivity index (χ4n) is 8.01. The van der Waals surface area contributed by atoms with Crippen LogP contribution in [0.25, 0.3) is 0 Å². The topological polar surface area (TPSA) is 110 Å². The molecule has 4 fully saturated rings. The Hall–Kier alpha value is -2.74. The number of amides is 2. The van der Waals surface area contributed by atoms with Gasteiger partial charge < -0.3 is 14.7 Å². The normalized spacial score (nSPS) is 30.6. The Morgan fingerprint density at radius 1 is 1.07 bits per heavy atom. The second kappa shape index (κ2) is 13.9. The standard InChI is InChI=1S/C35H51NO7/c1-23-10-13-27(42-32(39)18-19-33(40)43-36-30(37)16-17-31(36)38)22-26(23)12-11-25-9-7-21-35(5)28(14-15-29(25)35)24(2)8-6-20-34(3,4)41/h11-12,24,27-29,41H,1,6-10,13-22H2,2-5H3/b25-11+,26-12-/t24-,27+,28-,29+,35-/m1/s1. The van der Waals surface area contributed by atoms with Gasteiger partial charge in [-0.05, 0) is 94.0 Å². The molecule has 1 aliphatic heterocycles. The molecule has 0 spiro atoms. The number of allylic oxidation sites excluding steroid dienone is 4. The largest absolute Gasteiger partial charge is 0.462 e. The zero-order chi connectivity index (χ0) is 31.4. The van der Waals surface area contributed by atoms with Crippen molar-refractivity contribution >= 4 is 23.8 Å². The summed E-state index contributed by atoms with van der Waals surface area (Å²) in [5.74, 6) is -0.443. The summed E-state index contributed by atoms with van der Waals surface area (Å²) in [7, 11) is 0. The Balaban J connectivity index is 1.30. The molecule has 0 aromatic rings. The van der Waals surface area contributed by atoms with E-state index >= 15 is 0 Å². The molecule has 3 saturated carbocycles. The van der Waals surface area contributed by atoms with Crippen molar-refractivity contribution in [2.24, 2.45) is 23.2 Å². The molecule has 238 valence electrons. The molecule has 8 nitrogen and oxygen atoms in total. The van der Waals surface area contributed by atoms with E-state index < -0.39 is 29.4 Å². The molecule has 5 atom stereocenters. The van der Waals surface area contributed by atoms with E-state index in [0.717, 1.165) is 36.8 Å². The zero-order valence-corrected chi connectivity index (χ0v) is 26.6. The maximum atomic E-state index is 12.5. The maximum absolute atomic E-state index is 12.5. The summed E-state index contributed by atoms with van der Waals surface area (Å²) in [6, 6.07) is 0. The molecule has 0 radical (unpaired) electrons. The molecule has 43 heavy (non-hydrogen) atoms. The van der Waals surface area contributed by atoms with Crippen LogP contribution >= 0.6 is 0 Å². The van der Waals surface area contributed by atoms with E-state index in [1.165, 1.54) is 37.7 Å². The molecular formula is C35H51NO7. The molecular weight excluding hydrogens is 546 g/mol. The van der Waals surface area contributed by atoms with Gasteiger partial charge in [0.25, 0.3) is 11.8 Å². The summed E-state index contributed by atoms with van der Waals surface area (Å²) in [5.41, 5.74) is 3.45. The van der Waals surface area contributed by atoms with Crippen LogP contribution in [0.1, 0.15) is 124 Å². The third-order valence-corrected chi connectivity index (χ3v) is 10.4. The molecule has 2 amide bonds. The van der Waals surface area contributed by atoms with Gasteiger partial charge in [0, 0.05) is 19.3 Å². The van der Waals surface area contributed by atoms with Gasteiger partial charge in [0.1, 0.15) is 6.10 Å². The third-order valence-electron chi connectivity index (χ3n) is 10.4. The van der Waals surface area contributed by atoms with Crippen LogP contribution in [0.5, 0.6) is 0 Å². The predicted molar refractivity (Wildman–Crippen MR) is 163 cm³/mol. The van der Waals surface area contributed by atoms with Gasteiger partial charge in [-0.15, -0.1) is 5.06 Å². The number of hydrogen-bond donors (Lipinski definition) is 1. The summed E-state index contributed by atoms with van der Waals surface area (Å²) in [4.78, 5) is 52.6. The summed E-state index contributed by atoms with van der Waals surface area (Å²) >= 11 is 0. The van der Waals surface area contributed by atoms with Crippen molar-refractivity contribution < 1.29 is 33.9 Å². The van der Waals surface area contributed by atoms with E-state index in [1.54, 1.807) is 0 Å². The minimum Gasteiger partial charge on any atom is -0.462 e. The lowest BCUT2D eigenvalue weighted by atomic mass is 9.60. The van der Waals surface area contributed by atoms with Crippen molar-refractivity contribution in [1.82, 2.24) is 5.06 Å². The summed E-state index contributed by atoms with van der Waals surface area (Å²) in [5, 5.41) is 10.6. The van der Waals surface area contributed by atoms with Gasteiger partial charge >= 0.3 is 11.9 Å². The van der Waals surface area contributed by atoms with Gasteiger partial charge in [-0.25, -0.2) is 4.79 Å². The van der Waals surface area contributed by atoms with Crippen molar-refractivity contribution in [3.8, 4) is 0 Å². The van der Waals surface area contributed by atoms with Crippen LogP contribution in [-0.2, 0) is 28.8 Å². The lowest BCUT2D eigenvalue weighted by molar-refractivity contribution is -0.197. The van der Waals surface area contributed by atoms with E-state index in [1.807, 2.05) is 13.8 Å². The molecule has 0 unspecified atom stereocenters. The van der Waals surface area contributed by atoms with Crippen molar-refractivity contribution in [1.29, 1.82) is 0 Å². The van der Waals surface area contributed by atoms with Crippen LogP contribution in [0.3, 0.4) is 0 Å². The Morgan fingerprint density at radius 2 is 1.77 bits per heavy atom. The van der Waals surface area contributed by atoms with Crippen molar-refractivity contribution in [3.05, 3.63) is 35.5 Å². The van der Waals surface area contributed by atoms with Gasteiger partial charge in [0.05, 0.1) is 18.4 Å². The predicted octanol–water partition coefficient (Wildman–Crippen LogP) is 6.67. The first-order valence-corrected chi connectivity index (χ1v) is 16.3. The zero-order valence-electron chi connectivity index (χ0n) is 26.6. The number of nitrogens with zero attached hydrogens (tertiary/aromatic N) is 1. The fraction of sp³-hybridized carbons (Fsp3) is 0.714. The number of ether oxygens (including phenoxy) is 1. The lowest BCUT2D eigenvalue weighted by Gasteiger charge is -2.44. The molecule has 1 saturated heterocycles. The number of carbonyl (C=O) groups excluding carboxylic acids is 4. The van der Waals surface area contributed by atoms with Gasteiger partial charge in [-0.3, -0.25) is 14.4 Å². The van der Waals surface area contributed by atoms with Crippen molar-refractivity contribution in [2.75, 3.05) is 0 Å². The van der Waals surface area contributed by atoms with Gasteiger partial charge in [-0.2, -0.15) is 0 Å². The fourth-order valence-corrected chi connectivity index (χ4v) is 8.01. The Kier molecular flexibility index (Phi) is 10.7. The summed E-state index contributed by atoms with van der Waals surface area (Å²) in [6.07, 6.45) is 15.1. The highest BCUT2D eigenvalue weighted by Gasteiger charge is 2.50. The van der Waals surface area contributed by atoms with E-state index in [-0.39, 0.29) is 31.8 Å². The van der Waals surface area contributed by atoms with Crippen molar-refractivity contribution in [2.45, 2.75) is 136 Å². The maximum Gasteiger partial charge on any atom is 0.333 e. The van der Waals surface area contributed by atoms with Crippen LogP contribution in [0.2, 0.25) is 0 Å². The number of imide groups is 1. The highest BCUT2D eigenvalue weighted by molar-refractivity contribution is 6.01. The number of aliphatic hydroxyl groups is 1. The highest BCUT2D eigenvalue weighted by atomic mass is 16.7. The number of rotatable bonds is 11. The molecule has 0 bridgehead atoms. The molecule has 4 aliphatic rings. The number of esters is 1. The number of carbonyl (C=O) groups is 4. The number of fused-ring (bicyclic) bond motifs is 1. The monoisotopic (exact) mass is 597 g/mol. The van der Waals surface area contributed by atoms with E-state index in [4.69, 9.17) is 9.57 Å². The number of hydrogen-bond acceptors (Lipinski definition) is 7. The Labute approximate surface area is 256 Å². The summed E-state index contributed by atoms with van der Waals surface area (Å²) in [6.45, 7) is 13.0. The molecule has 0 aromatic carbocycles. The van der Waals surface area contributed by atoms with Gasteiger partial charge in [0.15, 0.2) is 0 Å². The molecule has 0 aromatic heterocycles. The second-order valence-corrected chi connectivity index (χ2v) is 14.2. The minimum absolute atomic E-state index is 0.0260. The van der Waals surface area contributed by atoms with Gasteiger partial charge in [-0.1, -0.05) is 56.6 Å². The quantitative estimate of drug-likeness (QED) is 0.209. The average molecular weight is 598 g/mol. The Bertz CT molecular complexity index is 1150. The van der Waals surface area contributed by atoms with Crippen LogP contribution in [0.15, 0.2) is 35.5 Å².